The highest BCUT2D eigenvalue weighted by molar-refractivity contribution is 6.06. The Morgan fingerprint density at radius 2 is 1.70 bits per heavy atom. The topological polar surface area (TPSA) is 113 Å². The number of carbonyl (C=O) groups excluding carboxylic acids is 2. The van der Waals surface area contributed by atoms with Gasteiger partial charge in [-0.2, -0.15) is 0 Å². The van der Waals surface area contributed by atoms with E-state index in [1.54, 1.807) is 6.92 Å². The number of hydrogen-bond acceptors (Lipinski definition) is 4. The van der Waals surface area contributed by atoms with Gasteiger partial charge >= 0.3 is 6.03 Å². The van der Waals surface area contributed by atoms with Gasteiger partial charge in [0.25, 0.3) is 11.6 Å². The first-order valence-corrected chi connectivity index (χ1v) is 8.26. The maximum absolute atomic E-state index is 12.9. The van der Waals surface area contributed by atoms with Crippen LogP contribution in [-0.2, 0) is 4.79 Å². The number of allylic oxidation sites excluding steroid dienone is 1. The predicted molar refractivity (Wildman–Crippen MR) is 100 cm³/mol. The molecule has 3 amide bonds. The van der Waals surface area contributed by atoms with Crippen LogP contribution in [0.5, 0.6) is 0 Å². The second-order valence-corrected chi connectivity index (χ2v) is 6.24. The van der Waals surface area contributed by atoms with E-state index in [0.717, 1.165) is 11.1 Å². The first kappa shape index (κ1) is 18.1. The Labute approximate surface area is 155 Å². The predicted octanol–water partition coefficient (Wildman–Crippen LogP) is 3.17. The number of nitrogens with one attached hydrogen (secondary N) is 3. The molecule has 0 saturated carbocycles. The molecule has 0 saturated heterocycles. The van der Waals surface area contributed by atoms with E-state index < -0.39 is 16.9 Å². The van der Waals surface area contributed by atoms with Crippen molar-refractivity contribution in [3.05, 3.63) is 81.0 Å². The Kier molecular flexibility index (Phi) is 4.89. The Morgan fingerprint density at radius 1 is 1.07 bits per heavy atom. The summed E-state index contributed by atoms with van der Waals surface area (Å²) in [6, 6.07) is 12.1. The lowest BCUT2D eigenvalue weighted by atomic mass is 9.94. The number of non-ortho nitro benzene ring substituents is 1. The molecule has 2 aromatic carbocycles. The Bertz CT molecular complexity index is 933. The molecule has 138 valence electrons. The summed E-state index contributed by atoms with van der Waals surface area (Å²) >= 11 is 0. The van der Waals surface area contributed by atoms with Crippen LogP contribution < -0.4 is 16.0 Å². The van der Waals surface area contributed by atoms with Crippen LogP contribution in [0, 0.1) is 17.0 Å². The standard InChI is InChI=1S/C19H18N4O4/c1-11-3-5-13(6-4-11)17-16(12(2)20-19(25)22-17)18(24)21-14-7-9-15(10-8-14)23(26)27/h3-10,17H,1-2H3,(H,21,24)(H2,20,22,25). The number of anilines is 1. The van der Waals surface area contributed by atoms with Crippen LogP contribution in [0.2, 0.25) is 0 Å². The van der Waals surface area contributed by atoms with E-state index in [4.69, 9.17) is 0 Å². The lowest BCUT2D eigenvalue weighted by Gasteiger charge is -2.28. The van der Waals surface area contributed by atoms with E-state index in [1.165, 1.54) is 24.3 Å². The molecule has 8 heteroatoms. The molecule has 1 heterocycles. The van der Waals surface area contributed by atoms with Gasteiger partial charge in [0.2, 0.25) is 0 Å². The highest BCUT2D eigenvalue weighted by Crippen LogP contribution is 2.28. The van der Waals surface area contributed by atoms with Crippen molar-refractivity contribution in [2.24, 2.45) is 0 Å². The zero-order valence-corrected chi connectivity index (χ0v) is 14.8. The van der Waals surface area contributed by atoms with Crippen LogP contribution in [0.25, 0.3) is 0 Å². The van der Waals surface area contributed by atoms with Crippen molar-refractivity contribution in [1.82, 2.24) is 10.6 Å². The molecule has 0 bridgehead atoms. The van der Waals surface area contributed by atoms with E-state index >= 15 is 0 Å². The maximum atomic E-state index is 12.9. The van der Waals surface area contributed by atoms with E-state index in [1.807, 2.05) is 31.2 Å². The van der Waals surface area contributed by atoms with Crippen molar-refractivity contribution in [3.63, 3.8) is 0 Å². The number of nitro groups is 1. The first-order chi connectivity index (χ1) is 12.8. The summed E-state index contributed by atoms with van der Waals surface area (Å²) in [7, 11) is 0. The largest absolute Gasteiger partial charge is 0.327 e. The van der Waals surface area contributed by atoms with E-state index in [0.29, 0.717) is 17.0 Å². The normalized spacial score (nSPS) is 16.4. The van der Waals surface area contributed by atoms with Crippen LogP contribution in [0.4, 0.5) is 16.2 Å². The minimum Gasteiger partial charge on any atom is -0.327 e. The van der Waals surface area contributed by atoms with Crippen LogP contribution in [0.1, 0.15) is 24.1 Å². The van der Waals surface area contributed by atoms with Gasteiger partial charge in [-0.1, -0.05) is 29.8 Å². The second-order valence-electron chi connectivity index (χ2n) is 6.24. The number of aryl methyl sites for hydroxylation is 1. The van der Waals surface area contributed by atoms with Crippen molar-refractivity contribution in [3.8, 4) is 0 Å². The summed E-state index contributed by atoms with van der Waals surface area (Å²) in [5.41, 5.74) is 3.03. The fourth-order valence-electron chi connectivity index (χ4n) is 2.87. The van der Waals surface area contributed by atoms with Gasteiger partial charge in [-0.25, -0.2) is 4.79 Å². The molecule has 27 heavy (non-hydrogen) atoms. The Hall–Kier alpha value is -3.68. The van der Waals surface area contributed by atoms with Gasteiger partial charge in [-0.05, 0) is 31.5 Å². The number of urea groups is 1. The Balaban J connectivity index is 1.89. The molecule has 0 fully saturated rings. The fourth-order valence-corrected chi connectivity index (χ4v) is 2.87. The molecule has 2 aromatic rings. The van der Waals surface area contributed by atoms with Gasteiger partial charge in [0.05, 0.1) is 16.5 Å². The molecule has 0 aromatic heterocycles. The molecule has 0 radical (unpaired) electrons. The van der Waals surface area contributed by atoms with Gasteiger partial charge in [0.1, 0.15) is 0 Å². The zero-order valence-electron chi connectivity index (χ0n) is 14.8. The minimum atomic E-state index is -0.600. The quantitative estimate of drug-likeness (QED) is 0.570. The highest BCUT2D eigenvalue weighted by Gasteiger charge is 2.31. The monoisotopic (exact) mass is 366 g/mol. The summed E-state index contributed by atoms with van der Waals surface area (Å²) in [5, 5.41) is 18.8. The summed E-state index contributed by atoms with van der Waals surface area (Å²) in [6.45, 7) is 3.61. The lowest BCUT2D eigenvalue weighted by molar-refractivity contribution is -0.384. The number of nitro benzene ring substituents is 1. The van der Waals surface area contributed by atoms with Crippen LogP contribution in [-0.4, -0.2) is 16.9 Å². The molecule has 8 nitrogen and oxygen atoms in total. The Morgan fingerprint density at radius 3 is 2.30 bits per heavy atom. The van der Waals surface area contributed by atoms with Crippen molar-refractivity contribution in [2.75, 3.05) is 5.32 Å². The highest BCUT2D eigenvalue weighted by atomic mass is 16.6. The molecule has 1 aliphatic rings. The summed E-state index contributed by atoms with van der Waals surface area (Å²) < 4.78 is 0. The van der Waals surface area contributed by atoms with Crippen LogP contribution in [0.15, 0.2) is 59.8 Å². The molecule has 3 N–H and O–H groups in total. The number of carbonyl (C=O) groups is 2. The van der Waals surface area contributed by atoms with Crippen LogP contribution in [0.3, 0.4) is 0 Å². The molecular weight excluding hydrogens is 348 g/mol. The fraction of sp³-hybridized carbons (Fsp3) is 0.158. The number of hydrogen-bond donors (Lipinski definition) is 3. The van der Waals surface area contributed by atoms with E-state index in [2.05, 4.69) is 16.0 Å². The van der Waals surface area contributed by atoms with Gasteiger partial charge < -0.3 is 16.0 Å². The first-order valence-electron chi connectivity index (χ1n) is 8.26. The van der Waals surface area contributed by atoms with E-state index in [9.17, 15) is 19.7 Å². The molecule has 0 aliphatic carbocycles. The lowest BCUT2D eigenvalue weighted by Crippen LogP contribution is -2.45. The molecule has 3 rings (SSSR count). The summed E-state index contributed by atoms with van der Waals surface area (Å²) in [4.78, 5) is 35.0. The van der Waals surface area contributed by atoms with Crippen molar-refractivity contribution in [2.45, 2.75) is 19.9 Å². The second kappa shape index (κ2) is 7.28. The van der Waals surface area contributed by atoms with Gasteiger partial charge in [0.15, 0.2) is 0 Å². The van der Waals surface area contributed by atoms with Crippen molar-refractivity contribution >= 4 is 23.3 Å². The SMILES string of the molecule is CC1=C(C(=O)Nc2ccc([N+](=O)[O-])cc2)C(c2ccc(C)cc2)NC(=O)N1. The molecular formula is C19H18N4O4. The number of rotatable bonds is 4. The molecule has 1 atom stereocenters. The van der Waals surface area contributed by atoms with Gasteiger partial charge in [-0.3, -0.25) is 14.9 Å². The third kappa shape index (κ3) is 3.95. The number of amides is 3. The zero-order chi connectivity index (χ0) is 19.6. The van der Waals surface area contributed by atoms with Crippen LogP contribution >= 0.6 is 0 Å². The molecule has 0 spiro atoms. The molecule has 1 aliphatic heterocycles. The maximum Gasteiger partial charge on any atom is 0.319 e. The molecule has 1 unspecified atom stereocenters. The van der Waals surface area contributed by atoms with Gasteiger partial charge in [0, 0.05) is 23.5 Å². The van der Waals surface area contributed by atoms with Gasteiger partial charge in [-0.15, -0.1) is 0 Å². The summed E-state index contributed by atoms with van der Waals surface area (Å²) in [6.07, 6.45) is 0. The third-order valence-electron chi connectivity index (χ3n) is 4.26. The van der Waals surface area contributed by atoms with Crippen molar-refractivity contribution < 1.29 is 14.5 Å². The minimum absolute atomic E-state index is 0.0625. The number of benzene rings is 2. The average Bonchev–Trinajstić information content (AvgIpc) is 2.62. The smallest absolute Gasteiger partial charge is 0.319 e. The number of nitrogens with zero attached hydrogens (tertiary/aromatic N) is 1. The summed E-state index contributed by atoms with van der Waals surface area (Å²) in [5.74, 6) is -0.403. The van der Waals surface area contributed by atoms with Crippen molar-refractivity contribution in [1.29, 1.82) is 0 Å². The third-order valence-corrected chi connectivity index (χ3v) is 4.26. The van der Waals surface area contributed by atoms with E-state index in [-0.39, 0.29) is 11.7 Å². The average molecular weight is 366 g/mol.